The number of nitrogens with zero attached hydrogens (tertiary/aromatic N) is 2. The molecule has 35 heavy (non-hydrogen) atoms. The molecule has 0 saturated carbocycles. The number of fused-ring (bicyclic) bond motifs is 1. The third-order valence-corrected chi connectivity index (χ3v) is 6.24. The van der Waals surface area contributed by atoms with Crippen molar-refractivity contribution in [2.45, 2.75) is 27.3 Å². The van der Waals surface area contributed by atoms with Gasteiger partial charge in [0.1, 0.15) is 17.2 Å². The van der Waals surface area contributed by atoms with Crippen molar-refractivity contribution >= 4 is 17.0 Å². The van der Waals surface area contributed by atoms with Gasteiger partial charge in [-0.05, 0) is 62.2 Å². The van der Waals surface area contributed by atoms with Crippen LogP contribution < -0.4 is 14.2 Å². The quantitative estimate of drug-likeness (QED) is 0.293. The highest BCUT2D eigenvalue weighted by Gasteiger charge is 2.19. The normalized spacial score (nSPS) is 10.9. The van der Waals surface area contributed by atoms with E-state index in [1.165, 1.54) is 5.56 Å². The van der Waals surface area contributed by atoms with Crippen LogP contribution in [0.2, 0.25) is 0 Å². The Hall–Kier alpha value is -3.93. The van der Waals surface area contributed by atoms with Crippen LogP contribution in [0.5, 0.6) is 17.2 Å². The zero-order valence-electron chi connectivity index (χ0n) is 21.0. The Morgan fingerprint density at radius 2 is 1.54 bits per heavy atom. The van der Waals surface area contributed by atoms with Gasteiger partial charge in [-0.3, -0.25) is 0 Å². The van der Waals surface area contributed by atoms with Crippen molar-refractivity contribution in [3.05, 3.63) is 78.0 Å². The first-order chi connectivity index (χ1) is 17.0. The molecule has 0 unspecified atom stereocenters. The number of aryl methyl sites for hydroxylation is 1. The lowest BCUT2D eigenvalue weighted by Crippen LogP contribution is -2.33. The van der Waals surface area contributed by atoms with Crippen LogP contribution in [-0.2, 0) is 6.54 Å². The molecule has 4 aromatic rings. The molecule has 0 fully saturated rings. The van der Waals surface area contributed by atoms with E-state index in [0.717, 1.165) is 39.1 Å². The summed E-state index contributed by atoms with van der Waals surface area (Å²) < 4.78 is 19.0. The average molecular weight is 473 g/mol. The van der Waals surface area contributed by atoms with Gasteiger partial charge >= 0.3 is 6.09 Å². The summed E-state index contributed by atoms with van der Waals surface area (Å²) in [5.41, 5.74) is 5.19. The average Bonchev–Trinajstić information content (AvgIpc) is 3.27. The van der Waals surface area contributed by atoms with Gasteiger partial charge in [-0.1, -0.05) is 29.8 Å². The molecule has 4 rings (SSSR count). The third-order valence-electron chi connectivity index (χ3n) is 6.24. The van der Waals surface area contributed by atoms with Gasteiger partial charge in [0.2, 0.25) is 0 Å². The van der Waals surface area contributed by atoms with Crippen molar-refractivity contribution in [2.24, 2.45) is 0 Å². The van der Waals surface area contributed by atoms with Gasteiger partial charge < -0.3 is 23.7 Å². The fraction of sp³-hybridized carbons (Fsp3) is 0.276. The van der Waals surface area contributed by atoms with E-state index in [0.29, 0.717) is 25.4 Å². The number of amides is 1. The van der Waals surface area contributed by atoms with E-state index < -0.39 is 0 Å². The van der Waals surface area contributed by atoms with E-state index >= 15 is 0 Å². The van der Waals surface area contributed by atoms with Crippen LogP contribution in [-0.4, -0.2) is 42.9 Å². The van der Waals surface area contributed by atoms with E-state index in [1.807, 2.05) is 44.2 Å². The molecule has 6 heteroatoms. The van der Waals surface area contributed by atoms with E-state index in [2.05, 4.69) is 48.0 Å². The van der Waals surface area contributed by atoms with E-state index in [1.54, 1.807) is 19.1 Å². The Morgan fingerprint density at radius 1 is 0.886 bits per heavy atom. The number of carbonyl (C=O) groups excluding carboxylic acids is 1. The highest BCUT2D eigenvalue weighted by Crippen LogP contribution is 2.38. The topological polar surface area (TPSA) is 52.9 Å². The van der Waals surface area contributed by atoms with Crippen molar-refractivity contribution in [3.8, 4) is 28.4 Å². The van der Waals surface area contributed by atoms with Crippen LogP contribution in [0.1, 0.15) is 25.0 Å². The van der Waals surface area contributed by atoms with Gasteiger partial charge in [0.25, 0.3) is 0 Å². The minimum Gasteiger partial charge on any atom is -0.497 e. The highest BCUT2D eigenvalue weighted by atomic mass is 16.6. The van der Waals surface area contributed by atoms with E-state index in [4.69, 9.17) is 14.2 Å². The maximum atomic E-state index is 12.8. The number of hydrogen-bond donors (Lipinski definition) is 0. The van der Waals surface area contributed by atoms with Gasteiger partial charge in [0.15, 0.2) is 0 Å². The number of benzene rings is 3. The second-order valence-corrected chi connectivity index (χ2v) is 8.44. The van der Waals surface area contributed by atoms with Gasteiger partial charge in [-0.15, -0.1) is 0 Å². The Balaban J connectivity index is 1.80. The molecule has 1 aromatic heterocycles. The minimum atomic E-state index is -0.342. The van der Waals surface area contributed by atoms with Crippen LogP contribution in [0, 0.1) is 6.92 Å². The largest absolute Gasteiger partial charge is 0.497 e. The summed E-state index contributed by atoms with van der Waals surface area (Å²) in [4.78, 5) is 14.5. The van der Waals surface area contributed by atoms with Crippen molar-refractivity contribution in [2.75, 3.05) is 27.3 Å². The molecule has 6 nitrogen and oxygen atoms in total. The van der Waals surface area contributed by atoms with Crippen molar-refractivity contribution < 1.29 is 19.0 Å². The molecule has 0 radical (unpaired) electrons. The molecular weight excluding hydrogens is 440 g/mol. The molecule has 1 amide bonds. The maximum Gasteiger partial charge on any atom is 0.415 e. The van der Waals surface area contributed by atoms with Gasteiger partial charge in [-0.2, -0.15) is 0 Å². The van der Waals surface area contributed by atoms with Gasteiger partial charge in [-0.25, -0.2) is 4.79 Å². The molecule has 0 aliphatic carbocycles. The fourth-order valence-corrected chi connectivity index (χ4v) is 4.29. The monoisotopic (exact) mass is 472 g/mol. The summed E-state index contributed by atoms with van der Waals surface area (Å²) >= 11 is 0. The third kappa shape index (κ3) is 5.11. The van der Waals surface area contributed by atoms with Crippen LogP contribution in [0.4, 0.5) is 4.79 Å². The molecular formula is C29H32N2O4. The molecule has 0 aliphatic heterocycles. The summed E-state index contributed by atoms with van der Waals surface area (Å²) in [6, 6.07) is 20.2. The Kier molecular flexibility index (Phi) is 7.30. The zero-order valence-corrected chi connectivity index (χ0v) is 21.0. The zero-order chi connectivity index (χ0) is 24.9. The summed E-state index contributed by atoms with van der Waals surface area (Å²) in [7, 11) is 3.30. The molecule has 0 spiro atoms. The van der Waals surface area contributed by atoms with Crippen molar-refractivity contribution in [3.63, 3.8) is 0 Å². The number of ether oxygens (including phenoxy) is 3. The Bertz CT molecular complexity index is 1300. The van der Waals surface area contributed by atoms with Crippen LogP contribution in [0.15, 0.2) is 66.9 Å². The SMILES string of the molecule is CCN(CC)C(=O)Oc1ccc2c(ccn2Cc2cc(OC)cc(OC)c2)c1-c1ccc(C)cc1. The summed E-state index contributed by atoms with van der Waals surface area (Å²) in [6.45, 7) is 7.79. The summed E-state index contributed by atoms with van der Waals surface area (Å²) in [5.74, 6) is 2.06. The molecule has 0 atom stereocenters. The first-order valence-electron chi connectivity index (χ1n) is 11.8. The molecule has 1 heterocycles. The van der Waals surface area contributed by atoms with Crippen LogP contribution in [0.3, 0.4) is 0 Å². The van der Waals surface area contributed by atoms with Crippen LogP contribution in [0.25, 0.3) is 22.0 Å². The highest BCUT2D eigenvalue weighted by molar-refractivity contribution is 5.99. The van der Waals surface area contributed by atoms with E-state index in [-0.39, 0.29) is 6.09 Å². The molecule has 0 bridgehead atoms. The Labute approximate surface area is 206 Å². The summed E-state index contributed by atoms with van der Waals surface area (Å²) in [6.07, 6.45) is 1.72. The van der Waals surface area contributed by atoms with Crippen molar-refractivity contribution in [1.29, 1.82) is 0 Å². The molecule has 182 valence electrons. The lowest BCUT2D eigenvalue weighted by Gasteiger charge is -2.20. The number of hydrogen-bond acceptors (Lipinski definition) is 4. The van der Waals surface area contributed by atoms with Crippen molar-refractivity contribution in [1.82, 2.24) is 9.47 Å². The summed E-state index contributed by atoms with van der Waals surface area (Å²) in [5, 5.41) is 1.02. The van der Waals surface area contributed by atoms with E-state index in [9.17, 15) is 4.79 Å². The second kappa shape index (κ2) is 10.6. The number of methoxy groups -OCH3 is 2. The molecule has 0 N–H and O–H groups in total. The molecule has 0 aliphatic rings. The minimum absolute atomic E-state index is 0.342. The Morgan fingerprint density at radius 3 is 2.14 bits per heavy atom. The molecule has 0 saturated heterocycles. The number of aromatic nitrogens is 1. The predicted octanol–water partition coefficient (Wildman–Crippen LogP) is 6.52. The lowest BCUT2D eigenvalue weighted by atomic mass is 9.99. The number of carbonyl (C=O) groups is 1. The maximum absolute atomic E-state index is 12.8. The smallest absolute Gasteiger partial charge is 0.415 e. The first-order valence-corrected chi connectivity index (χ1v) is 11.8. The predicted molar refractivity (Wildman–Crippen MR) is 140 cm³/mol. The lowest BCUT2D eigenvalue weighted by molar-refractivity contribution is 0.157. The molecule has 3 aromatic carbocycles. The fourth-order valence-electron chi connectivity index (χ4n) is 4.29. The standard InChI is InChI=1S/C29H32N2O4/c1-6-30(7-2)29(32)35-27-13-12-26-25(28(27)22-10-8-20(3)9-11-22)14-15-31(26)19-21-16-23(33-4)18-24(17-21)34-5/h8-18H,6-7,19H2,1-5H3. The van der Waals surface area contributed by atoms with Gasteiger partial charge in [0.05, 0.1) is 14.2 Å². The second-order valence-electron chi connectivity index (χ2n) is 8.44. The number of rotatable bonds is 8. The first kappa shape index (κ1) is 24.2. The van der Waals surface area contributed by atoms with Crippen LogP contribution >= 0.6 is 0 Å². The van der Waals surface area contributed by atoms with Gasteiger partial charge in [0, 0.05) is 48.4 Å².